The highest BCUT2D eigenvalue weighted by molar-refractivity contribution is 6.30. The van der Waals surface area contributed by atoms with Crippen LogP contribution in [0.25, 0.3) is 21.7 Å². The minimum atomic E-state index is -0.221. The van der Waals surface area contributed by atoms with Gasteiger partial charge in [-0.25, -0.2) is 4.98 Å². The molecule has 0 saturated carbocycles. The number of nitrogens with zero attached hydrogens (tertiary/aromatic N) is 2. The summed E-state index contributed by atoms with van der Waals surface area (Å²) in [5.41, 5.74) is 2.62. The summed E-state index contributed by atoms with van der Waals surface area (Å²) < 4.78 is 0. The van der Waals surface area contributed by atoms with Crippen molar-refractivity contribution in [3.05, 3.63) is 102 Å². The zero-order chi connectivity index (χ0) is 21.2. The SMILES string of the molecule is O=C(Nc1ccccc1)c1cccc2c1nc(Nc1cccc(Cl)c1)c1ccncc12. The van der Waals surface area contributed by atoms with Crippen LogP contribution in [0, 0.1) is 0 Å². The van der Waals surface area contributed by atoms with E-state index < -0.39 is 0 Å². The molecule has 5 nitrogen and oxygen atoms in total. The fraction of sp³-hybridized carbons (Fsp3) is 0. The lowest BCUT2D eigenvalue weighted by molar-refractivity contribution is 0.102. The van der Waals surface area contributed by atoms with Crippen molar-refractivity contribution in [2.75, 3.05) is 10.6 Å². The summed E-state index contributed by atoms with van der Waals surface area (Å²) in [5.74, 6) is 0.411. The lowest BCUT2D eigenvalue weighted by Gasteiger charge is -2.14. The fourth-order valence-electron chi connectivity index (χ4n) is 3.57. The molecule has 0 aliphatic rings. The number of hydrogen-bond donors (Lipinski definition) is 2. The number of benzene rings is 3. The molecule has 2 aromatic heterocycles. The third-order valence-corrected chi connectivity index (χ3v) is 5.22. The molecule has 0 bridgehead atoms. The molecule has 0 aliphatic heterocycles. The maximum Gasteiger partial charge on any atom is 0.257 e. The van der Waals surface area contributed by atoms with Crippen LogP contribution in [0.5, 0.6) is 0 Å². The Kier molecular flexibility index (Phi) is 4.94. The number of nitrogens with one attached hydrogen (secondary N) is 2. The van der Waals surface area contributed by atoms with Gasteiger partial charge in [0.2, 0.25) is 0 Å². The number of amides is 1. The molecule has 6 heteroatoms. The minimum Gasteiger partial charge on any atom is -0.340 e. The molecule has 0 atom stereocenters. The number of rotatable bonds is 4. The Bertz CT molecular complexity index is 1420. The first kappa shape index (κ1) is 19.0. The molecule has 150 valence electrons. The Morgan fingerprint density at radius 3 is 2.45 bits per heavy atom. The summed E-state index contributed by atoms with van der Waals surface area (Å²) in [7, 11) is 0. The topological polar surface area (TPSA) is 66.9 Å². The molecule has 31 heavy (non-hydrogen) atoms. The number of halogens is 1. The molecule has 0 fully saturated rings. The van der Waals surface area contributed by atoms with Crippen molar-refractivity contribution in [3.63, 3.8) is 0 Å². The van der Waals surface area contributed by atoms with Gasteiger partial charge in [-0.05, 0) is 42.5 Å². The van der Waals surface area contributed by atoms with Gasteiger partial charge in [-0.2, -0.15) is 0 Å². The molecule has 5 rings (SSSR count). The monoisotopic (exact) mass is 424 g/mol. The standard InChI is InChI=1S/C25H17ClN4O/c26-16-6-4-9-18(14-16)28-24-20-12-13-27-15-22(20)19-10-5-11-21(23(19)30-24)25(31)29-17-7-2-1-3-8-17/h1-15H,(H,28,30)(H,29,31). The van der Waals surface area contributed by atoms with Crippen molar-refractivity contribution in [2.45, 2.75) is 0 Å². The zero-order valence-electron chi connectivity index (χ0n) is 16.3. The van der Waals surface area contributed by atoms with E-state index in [1.165, 1.54) is 0 Å². The van der Waals surface area contributed by atoms with E-state index in [2.05, 4.69) is 15.6 Å². The molecule has 1 amide bonds. The van der Waals surface area contributed by atoms with Gasteiger partial charge in [0.05, 0.1) is 11.1 Å². The van der Waals surface area contributed by atoms with E-state index in [1.807, 2.05) is 72.8 Å². The summed E-state index contributed by atoms with van der Waals surface area (Å²) >= 11 is 6.14. The van der Waals surface area contributed by atoms with Crippen LogP contribution >= 0.6 is 11.6 Å². The van der Waals surface area contributed by atoms with Crippen molar-refractivity contribution < 1.29 is 4.79 Å². The van der Waals surface area contributed by atoms with Gasteiger partial charge in [-0.3, -0.25) is 9.78 Å². The van der Waals surface area contributed by atoms with Crippen LogP contribution in [0.2, 0.25) is 5.02 Å². The van der Waals surface area contributed by atoms with Crippen LogP contribution in [0.15, 0.2) is 91.3 Å². The van der Waals surface area contributed by atoms with E-state index in [0.717, 1.165) is 27.5 Å². The number of aromatic nitrogens is 2. The van der Waals surface area contributed by atoms with Gasteiger partial charge in [0, 0.05) is 44.9 Å². The number of hydrogen-bond acceptors (Lipinski definition) is 4. The second kappa shape index (κ2) is 8.05. The summed E-state index contributed by atoms with van der Waals surface area (Å²) in [6.45, 7) is 0. The first-order valence-electron chi connectivity index (χ1n) is 9.74. The normalized spacial score (nSPS) is 10.9. The molecule has 5 aromatic rings. The third kappa shape index (κ3) is 3.79. The van der Waals surface area contributed by atoms with Crippen LogP contribution in [-0.2, 0) is 0 Å². The predicted molar refractivity (Wildman–Crippen MR) is 126 cm³/mol. The Morgan fingerprint density at radius 2 is 1.61 bits per heavy atom. The molecule has 2 heterocycles. The second-order valence-electron chi connectivity index (χ2n) is 7.04. The van der Waals surface area contributed by atoms with Gasteiger partial charge in [-0.1, -0.05) is 48.0 Å². The molecule has 2 N–H and O–H groups in total. The van der Waals surface area contributed by atoms with Gasteiger partial charge in [0.25, 0.3) is 5.91 Å². The second-order valence-corrected chi connectivity index (χ2v) is 7.48. The highest BCUT2D eigenvalue weighted by atomic mass is 35.5. The van der Waals surface area contributed by atoms with E-state index >= 15 is 0 Å². The third-order valence-electron chi connectivity index (χ3n) is 4.99. The Balaban J connectivity index is 1.66. The lowest BCUT2D eigenvalue weighted by atomic mass is 10.0. The number of anilines is 3. The van der Waals surface area contributed by atoms with Gasteiger partial charge in [0.1, 0.15) is 5.82 Å². The first-order chi connectivity index (χ1) is 15.2. The summed E-state index contributed by atoms with van der Waals surface area (Å²) in [6, 6.07) is 24.3. The Morgan fingerprint density at radius 1 is 0.806 bits per heavy atom. The maximum atomic E-state index is 13.1. The summed E-state index contributed by atoms with van der Waals surface area (Å²) in [4.78, 5) is 22.2. The lowest BCUT2D eigenvalue weighted by Crippen LogP contribution is -2.13. The Hall–Kier alpha value is -3.96. The van der Waals surface area contributed by atoms with E-state index in [1.54, 1.807) is 18.5 Å². The molecule has 0 saturated heterocycles. The first-order valence-corrected chi connectivity index (χ1v) is 10.1. The maximum absolute atomic E-state index is 13.1. The van der Waals surface area contributed by atoms with Crippen LogP contribution in [0.1, 0.15) is 10.4 Å². The highest BCUT2D eigenvalue weighted by Crippen LogP contribution is 2.32. The zero-order valence-corrected chi connectivity index (χ0v) is 17.1. The molecule has 3 aromatic carbocycles. The smallest absolute Gasteiger partial charge is 0.257 e. The number of para-hydroxylation sites is 2. The average molecular weight is 425 g/mol. The van der Waals surface area contributed by atoms with Gasteiger partial charge in [0.15, 0.2) is 0 Å². The average Bonchev–Trinajstić information content (AvgIpc) is 2.79. The van der Waals surface area contributed by atoms with E-state index in [4.69, 9.17) is 16.6 Å². The van der Waals surface area contributed by atoms with Crippen LogP contribution in [-0.4, -0.2) is 15.9 Å². The summed E-state index contributed by atoms with van der Waals surface area (Å²) in [5, 5.41) is 9.58. The van der Waals surface area contributed by atoms with Crippen LogP contribution in [0.4, 0.5) is 17.2 Å². The van der Waals surface area contributed by atoms with Crippen molar-refractivity contribution in [1.29, 1.82) is 0 Å². The largest absolute Gasteiger partial charge is 0.340 e. The van der Waals surface area contributed by atoms with Crippen LogP contribution < -0.4 is 10.6 Å². The number of pyridine rings is 2. The predicted octanol–water partition coefficient (Wildman–Crippen LogP) is 6.43. The fourth-order valence-corrected chi connectivity index (χ4v) is 3.76. The highest BCUT2D eigenvalue weighted by Gasteiger charge is 2.16. The van der Waals surface area contributed by atoms with E-state index in [0.29, 0.717) is 21.9 Å². The van der Waals surface area contributed by atoms with Crippen molar-refractivity contribution in [3.8, 4) is 0 Å². The van der Waals surface area contributed by atoms with Crippen molar-refractivity contribution in [1.82, 2.24) is 9.97 Å². The van der Waals surface area contributed by atoms with Gasteiger partial charge < -0.3 is 10.6 Å². The number of carbonyl (C=O) groups excluding carboxylic acids is 1. The number of carbonyl (C=O) groups is 1. The molecule has 0 aliphatic carbocycles. The minimum absolute atomic E-state index is 0.221. The summed E-state index contributed by atoms with van der Waals surface area (Å²) in [6.07, 6.45) is 3.52. The van der Waals surface area contributed by atoms with E-state index in [9.17, 15) is 4.79 Å². The molecule has 0 unspecified atom stereocenters. The van der Waals surface area contributed by atoms with Gasteiger partial charge >= 0.3 is 0 Å². The Labute approximate surface area is 183 Å². The molecule has 0 spiro atoms. The molecule has 0 radical (unpaired) electrons. The number of fused-ring (bicyclic) bond motifs is 3. The molecular weight excluding hydrogens is 408 g/mol. The van der Waals surface area contributed by atoms with Gasteiger partial charge in [-0.15, -0.1) is 0 Å². The molecular formula is C25H17ClN4O. The van der Waals surface area contributed by atoms with E-state index in [-0.39, 0.29) is 5.91 Å². The quantitative estimate of drug-likeness (QED) is 0.326. The van der Waals surface area contributed by atoms with Crippen molar-refractivity contribution in [2.24, 2.45) is 0 Å². The van der Waals surface area contributed by atoms with Crippen LogP contribution in [0.3, 0.4) is 0 Å². The van der Waals surface area contributed by atoms with Crippen molar-refractivity contribution >= 4 is 56.4 Å².